The highest BCUT2D eigenvalue weighted by atomic mass is 32.2. The van der Waals surface area contributed by atoms with Gasteiger partial charge in [0.05, 0.1) is 4.90 Å². The van der Waals surface area contributed by atoms with E-state index in [0.29, 0.717) is 12.8 Å². The van der Waals surface area contributed by atoms with E-state index < -0.39 is 50.4 Å². The van der Waals surface area contributed by atoms with E-state index in [-0.39, 0.29) is 17.0 Å². The lowest BCUT2D eigenvalue weighted by Crippen LogP contribution is -2.54. The van der Waals surface area contributed by atoms with Gasteiger partial charge in [0.15, 0.2) is 0 Å². The zero-order valence-corrected chi connectivity index (χ0v) is 18.3. The number of urea groups is 1. The lowest BCUT2D eigenvalue weighted by Gasteiger charge is -2.43. The minimum Gasteiger partial charge on any atom is -0.325 e. The molecular weight excluding hydrogens is 432 g/mol. The number of imide groups is 1. The fourth-order valence-corrected chi connectivity index (χ4v) is 5.55. The topological polar surface area (TPSA) is 113 Å². The molecule has 11 heteroatoms. The van der Waals surface area contributed by atoms with E-state index in [4.69, 9.17) is 0 Å². The summed E-state index contributed by atoms with van der Waals surface area (Å²) in [6.45, 7) is 5.59. The van der Waals surface area contributed by atoms with Crippen LogP contribution in [0.3, 0.4) is 0 Å². The van der Waals surface area contributed by atoms with Crippen LogP contribution < -0.4 is 10.6 Å². The molecule has 1 saturated heterocycles. The Morgan fingerprint density at radius 3 is 2.39 bits per heavy atom. The van der Waals surface area contributed by atoms with Crippen molar-refractivity contribution in [1.29, 1.82) is 0 Å². The van der Waals surface area contributed by atoms with Crippen LogP contribution in [0.25, 0.3) is 0 Å². The van der Waals surface area contributed by atoms with E-state index >= 15 is 0 Å². The third-order valence-electron chi connectivity index (χ3n) is 5.63. The molecule has 1 aromatic rings. The number of anilines is 1. The molecule has 1 saturated carbocycles. The van der Waals surface area contributed by atoms with Gasteiger partial charge in [-0.3, -0.25) is 14.5 Å². The molecular formula is C20H25F2N3O5S. The average molecular weight is 457 g/mol. The third-order valence-corrected chi connectivity index (χ3v) is 7.03. The smallest absolute Gasteiger partial charge is 0.325 e. The van der Waals surface area contributed by atoms with Crippen LogP contribution in [0.1, 0.15) is 40.0 Å². The Labute approximate surface area is 179 Å². The Kier molecular flexibility index (Phi) is 5.85. The van der Waals surface area contributed by atoms with Crippen LogP contribution in [-0.2, 0) is 19.4 Å². The second-order valence-electron chi connectivity index (χ2n) is 9.14. The molecule has 0 bridgehead atoms. The zero-order chi connectivity index (χ0) is 23.2. The summed E-state index contributed by atoms with van der Waals surface area (Å²) in [6, 6.07) is 3.58. The predicted molar refractivity (Wildman–Crippen MR) is 108 cm³/mol. The second kappa shape index (κ2) is 7.85. The van der Waals surface area contributed by atoms with Gasteiger partial charge in [-0.25, -0.2) is 13.2 Å². The Morgan fingerprint density at radius 1 is 1.23 bits per heavy atom. The Morgan fingerprint density at radius 2 is 1.84 bits per heavy atom. The largest absolute Gasteiger partial charge is 0.341 e. The minimum atomic E-state index is -4.74. The molecule has 4 amide bonds. The van der Waals surface area contributed by atoms with Gasteiger partial charge in [0, 0.05) is 5.69 Å². The average Bonchev–Trinajstić information content (AvgIpc) is 2.83. The minimum absolute atomic E-state index is 0.140. The van der Waals surface area contributed by atoms with Crippen LogP contribution in [-0.4, -0.2) is 49.0 Å². The number of carbonyl (C=O) groups excluding carboxylic acids is 3. The summed E-state index contributed by atoms with van der Waals surface area (Å²) in [5, 5.41) is 5.22. The molecule has 2 aliphatic rings. The summed E-state index contributed by atoms with van der Waals surface area (Å²) < 4.78 is 48.1. The van der Waals surface area contributed by atoms with Gasteiger partial charge in [-0.1, -0.05) is 20.8 Å². The third kappa shape index (κ3) is 4.56. The maximum atomic E-state index is 13.1. The number of hydrogen-bond donors (Lipinski definition) is 2. The number of carbonyl (C=O) groups is 3. The first kappa shape index (κ1) is 23.1. The van der Waals surface area contributed by atoms with E-state index in [9.17, 15) is 31.6 Å². The summed E-state index contributed by atoms with van der Waals surface area (Å²) in [7, 11) is -4.74. The second-order valence-corrected chi connectivity index (χ2v) is 11.1. The molecule has 2 fully saturated rings. The van der Waals surface area contributed by atoms with E-state index in [0.717, 1.165) is 35.6 Å². The van der Waals surface area contributed by atoms with Crippen LogP contribution in [0.5, 0.6) is 0 Å². The molecule has 8 nitrogen and oxygen atoms in total. The van der Waals surface area contributed by atoms with E-state index in [2.05, 4.69) is 10.6 Å². The molecule has 0 aromatic heterocycles. The number of rotatable bonds is 5. The van der Waals surface area contributed by atoms with Gasteiger partial charge < -0.3 is 10.6 Å². The molecule has 1 aliphatic heterocycles. The monoisotopic (exact) mass is 457 g/mol. The molecule has 2 atom stereocenters. The van der Waals surface area contributed by atoms with Gasteiger partial charge in [-0.2, -0.15) is 8.78 Å². The number of amides is 4. The standard InChI is InChI=1S/C20H25F2N3O5S/c1-12-8-19(2,3)11-20(9-12)16(27)25(18(28)24-20)10-15(26)23-13-4-6-14(7-5-13)31(29,30)17(21)22/h4-7,12,17H,8-11H2,1-3H3,(H,23,26)(H,24,28)/t12-,20+/m1/s1. The predicted octanol–water partition coefficient (Wildman–Crippen LogP) is 2.76. The summed E-state index contributed by atoms with van der Waals surface area (Å²) >= 11 is 0. The number of hydrogen-bond acceptors (Lipinski definition) is 5. The van der Waals surface area contributed by atoms with Gasteiger partial charge in [-0.05, 0) is 54.9 Å². The fraction of sp³-hybridized carbons (Fsp3) is 0.550. The molecule has 0 radical (unpaired) electrons. The van der Waals surface area contributed by atoms with Crippen molar-refractivity contribution < 1.29 is 31.6 Å². The number of sulfone groups is 1. The fourth-order valence-electron chi connectivity index (χ4n) is 4.82. The Bertz CT molecular complexity index is 1010. The molecule has 1 spiro atoms. The van der Waals surface area contributed by atoms with Crippen molar-refractivity contribution in [1.82, 2.24) is 10.2 Å². The Balaban J connectivity index is 1.68. The van der Waals surface area contributed by atoms with Crippen molar-refractivity contribution in [3.63, 3.8) is 0 Å². The highest BCUT2D eigenvalue weighted by Crippen LogP contribution is 2.46. The number of nitrogens with zero attached hydrogens (tertiary/aromatic N) is 1. The van der Waals surface area contributed by atoms with Gasteiger partial charge >= 0.3 is 11.8 Å². The molecule has 2 N–H and O–H groups in total. The lowest BCUT2D eigenvalue weighted by molar-refractivity contribution is -0.136. The van der Waals surface area contributed by atoms with Crippen LogP contribution in [0.15, 0.2) is 29.2 Å². The number of halogens is 2. The number of nitrogens with one attached hydrogen (secondary N) is 2. The first-order valence-electron chi connectivity index (χ1n) is 9.82. The first-order chi connectivity index (χ1) is 14.3. The van der Waals surface area contributed by atoms with Crippen LogP contribution in [0.2, 0.25) is 0 Å². The molecule has 1 aromatic carbocycles. The van der Waals surface area contributed by atoms with Gasteiger partial charge in [-0.15, -0.1) is 0 Å². The highest BCUT2D eigenvalue weighted by molar-refractivity contribution is 7.91. The molecule has 0 unspecified atom stereocenters. The summed E-state index contributed by atoms with van der Waals surface area (Å²) in [4.78, 5) is 38.2. The van der Waals surface area contributed by atoms with E-state index in [1.165, 1.54) is 0 Å². The Hall–Kier alpha value is -2.56. The zero-order valence-electron chi connectivity index (χ0n) is 17.4. The number of alkyl halides is 2. The quantitative estimate of drug-likeness (QED) is 0.661. The van der Waals surface area contributed by atoms with Crippen molar-refractivity contribution in [3.8, 4) is 0 Å². The molecule has 1 aliphatic carbocycles. The van der Waals surface area contributed by atoms with Gasteiger partial charge in [0.2, 0.25) is 15.7 Å². The van der Waals surface area contributed by atoms with E-state index in [1.54, 1.807) is 0 Å². The van der Waals surface area contributed by atoms with Gasteiger partial charge in [0.1, 0.15) is 12.1 Å². The summed E-state index contributed by atoms with van der Waals surface area (Å²) in [5.41, 5.74) is -1.02. The van der Waals surface area contributed by atoms with Crippen molar-refractivity contribution in [2.45, 2.75) is 56.2 Å². The van der Waals surface area contributed by atoms with E-state index in [1.807, 2.05) is 20.8 Å². The highest BCUT2D eigenvalue weighted by Gasteiger charge is 2.56. The van der Waals surface area contributed by atoms with Crippen LogP contribution in [0, 0.1) is 11.3 Å². The van der Waals surface area contributed by atoms with Crippen LogP contribution >= 0.6 is 0 Å². The first-order valence-corrected chi connectivity index (χ1v) is 11.4. The van der Waals surface area contributed by atoms with Crippen molar-refractivity contribution in [2.24, 2.45) is 11.3 Å². The number of benzene rings is 1. The van der Waals surface area contributed by atoms with Crippen molar-refractivity contribution in [2.75, 3.05) is 11.9 Å². The molecule has 1 heterocycles. The van der Waals surface area contributed by atoms with Gasteiger partial charge in [0.25, 0.3) is 5.91 Å². The van der Waals surface area contributed by atoms with Crippen LogP contribution in [0.4, 0.5) is 19.3 Å². The summed E-state index contributed by atoms with van der Waals surface area (Å²) in [6.07, 6.45) is 1.90. The van der Waals surface area contributed by atoms with Crippen molar-refractivity contribution in [3.05, 3.63) is 24.3 Å². The summed E-state index contributed by atoms with van der Waals surface area (Å²) in [5.74, 6) is -4.43. The lowest BCUT2D eigenvalue weighted by atomic mass is 9.64. The maximum absolute atomic E-state index is 13.1. The molecule has 3 rings (SSSR count). The van der Waals surface area contributed by atoms with Crippen molar-refractivity contribution >= 4 is 33.4 Å². The SMILES string of the molecule is C[C@@H]1CC(C)(C)C[C@]2(C1)NC(=O)N(CC(=O)Nc1ccc(S(=O)(=O)C(F)F)cc1)C2=O. The maximum Gasteiger partial charge on any atom is 0.341 e. The molecule has 170 valence electrons. The normalized spacial score (nSPS) is 25.7. The molecule has 31 heavy (non-hydrogen) atoms.